The fraction of sp³-hybridized carbons (Fsp3) is 0.150. The van der Waals surface area contributed by atoms with Crippen molar-refractivity contribution < 1.29 is 9.18 Å². The maximum atomic E-state index is 13.1. The first-order chi connectivity index (χ1) is 12.5. The minimum Gasteiger partial charge on any atom is -0.325 e. The van der Waals surface area contributed by atoms with Gasteiger partial charge in [0.05, 0.1) is 11.4 Å². The van der Waals surface area contributed by atoms with Crippen LogP contribution in [0, 0.1) is 19.7 Å². The van der Waals surface area contributed by atoms with E-state index in [0.717, 1.165) is 16.8 Å². The van der Waals surface area contributed by atoms with E-state index in [1.165, 1.54) is 29.5 Å². The van der Waals surface area contributed by atoms with Crippen molar-refractivity contribution in [3.8, 4) is 11.3 Å². The third-order valence-corrected chi connectivity index (χ3v) is 4.69. The van der Waals surface area contributed by atoms with E-state index in [1.54, 1.807) is 12.1 Å². The maximum Gasteiger partial charge on any atom is 0.234 e. The number of nitrogens with zero attached hydrogens (tertiary/aromatic N) is 2. The molecule has 0 atom stereocenters. The van der Waals surface area contributed by atoms with Gasteiger partial charge >= 0.3 is 0 Å². The minimum atomic E-state index is -0.386. The van der Waals surface area contributed by atoms with E-state index >= 15 is 0 Å². The van der Waals surface area contributed by atoms with Crippen molar-refractivity contribution in [1.29, 1.82) is 0 Å². The number of aryl methyl sites for hydroxylation is 2. The summed E-state index contributed by atoms with van der Waals surface area (Å²) in [6.45, 7) is 4.08. The van der Waals surface area contributed by atoms with Crippen LogP contribution in [0.25, 0.3) is 11.3 Å². The number of anilines is 1. The molecule has 0 unspecified atom stereocenters. The summed E-state index contributed by atoms with van der Waals surface area (Å²) in [5.74, 6) is -0.432. The number of nitrogens with one attached hydrogen (secondary N) is 1. The molecule has 2 aromatic carbocycles. The molecule has 0 bridgehead atoms. The van der Waals surface area contributed by atoms with Crippen molar-refractivity contribution in [1.82, 2.24) is 10.2 Å². The van der Waals surface area contributed by atoms with Gasteiger partial charge in [-0.15, -0.1) is 10.2 Å². The Morgan fingerprint density at radius 2 is 1.92 bits per heavy atom. The lowest BCUT2D eigenvalue weighted by molar-refractivity contribution is -0.113. The number of hydrogen-bond acceptors (Lipinski definition) is 4. The monoisotopic (exact) mass is 367 g/mol. The molecule has 0 saturated heterocycles. The zero-order valence-corrected chi connectivity index (χ0v) is 15.3. The number of thioether (sulfide) groups is 1. The van der Waals surface area contributed by atoms with Crippen LogP contribution in [0.15, 0.2) is 59.6 Å². The van der Waals surface area contributed by atoms with Crippen LogP contribution in [0.2, 0.25) is 0 Å². The first kappa shape index (κ1) is 18.1. The number of amides is 1. The van der Waals surface area contributed by atoms with Gasteiger partial charge in [0.1, 0.15) is 10.8 Å². The van der Waals surface area contributed by atoms with Gasteiger partial charge in [0.25, 0.3) is 0 Å². The Morgan fingerprint density at radius 1 is 1.08 bits per heavy atom. The zero-order valence-electron chi connectivity index (χ0n) is 14.5. The molecule has 1 heterocycles. The Bertz CT molecular complexity index is 929. The van der Waals surface area contributed by atoms with Crippen LogP contribution >= 0.6 is 11.8 Å². The number of benzene rings is 2. The Hall–Kier alpha value is -2.73. The van der Waals surface area contributed by atoms with Gasteiger partial charge in [0.2, 0.25) is 5.91 Å². The standard InChI is InChI=1S/C20H18FN3OS/c1-13-6-7-14(2)17(10-13)18-8-9-20(24-23-18)26-12-19(25)22-16-5-3-4-15(21)11-16/h3-11H,12H2,1-2H3,(H,22,25). The van der Waals surface area contributed by atoms with Crippen molar-refractivity contribution in [2.24, 2.45) is 0 Å². The van der Waals surface area contributed by atoms with Crippen molar-refractivity contribution in [3.05, 3.63) is 71.5 Å². The molecule has 0 fully saturated rings. The highest BCUT2D eigenvalue weighted by molar-refractivity contribution is 7.99. The summed E-state index contributed by atoms with van der Waals surface area (Å²) in [7, 11) is 0. The van der Waals surface area contributed by atoms with Gasteiger partial charge in [-0.3, -0.25) is 4.79 Å². The number of aromatic nitrogens is 2. The zero-order chi connectivity index (χ0) is 18.5. The third-order valence-electron chi connectivity index (χ3n) is 3.77. The normalized spacial score (nSPS) is 10.6. The molecule has 1 N–H and O–H groups in total. The first-order valence-electron chi connectivity index (χ1n) is 8.11. The van der Waals surface area contributed by atoms with Crippen LogP contribution in [-0.4, -0.2) is 21.9 Å². The van der Waals surface area contributed by atoms with E-state index in [9.17, 15) is 9.18 Å². The second kappa shape index (κ2) is 8.10. The van der Waals surface area contributed by atoms with Gasteiger partial charge in [-0.05, 0) is 55.8 Å². The molecule has 0 aliphatic carbocycles. The predicted octanol–water partition coefficient (Wildman–Crippen LogP) is 4.63. The summed E-state index contributed by atoms with van der Waals surface area (Å²) in [5.41, 5.74) is 4.60. The van der Waals surface area contributed by atoms with Gasteiger partial charge < -0.3 is 5.32 Å². The lowest BCUT2D eigenvalue weighted by atomic mass is 10.0. The predicted molar refractivity (Wildman–Crippen MR) is 103 cm³/mol. The van der Waals surface area contributed by atoms with Crippen LogP contribution in [0.1, 0.15) is 11.1 Å². The van der Waals surface area contributed by atoms with E-state index in [4.69, 9.17) is 0 Å². The van der Waals surface area contributed by atoms with Crippen molar-refractivity contribution >= 4 is 23.4 Å². The molecular formula is C20H18FN3OS. The second-order valence-electron chi connectivity index (χ2n) is 5.92. The molecule has 0 aliphatic rings. The maximum absolute atomic E-state index is 13.1. The molecule has 6 heteroatoms. The molecule has 1 aromatic heterocycles. The Morgan fingerprint density at radius 3 is 2.65 bits per heavy atom. The van der Waals surface area contributed by atoms with E-state index in [-0.39, 0.29) is 17.5 Å². The van der Waals surface area contributed by atoms with Crippen LogP contribution in [-0.2, 0) is 4.79 Å². The fourth-order valence-corrected chi connectivity index (χ4v) is 3.07. The van der Waals surface area contributed by atoms with Crippen molar-refractivity contribution in [3.63, 3.8) is 0 Å². The summed E-state index contributed by atoms with van der Waals surface area (Å²) in [6.07, 6.45) is 0. The van der Waals surface area contributed by atoms with Gasteiger partial charge in [-0.2, -0.15) is 0 Å². The van der Waals surface area contributed by atoms with E-state index in [1.807, 2.05) is 26.0 Å². The SMILES string of the molecule is Cc1ccc(C)c(-c2ccc(SCC(=O)Nc3cccc(F)c3)nn2)c1. The average molecular weight is 367 g/mol. The van der Waals surface area contributed by atoms with E-state index in [0.29, 0.717) is 10.7 Å². The van der Waals surface area contributed by atoms with Crippen molar-refractivity contribution in [2.75, 3.05) is 11.1 Å². The summed E-state index contributed by atoms with van der Waals surface area (Å²) in [4.78, 5) is 12.0. The van der Waals surface area contributed by atoms with Crippen molar-refractivity contribution in [2.45, 2.75) is 18.9 Å². The number of carbonyl (C=O) groups is 1. The topological polar surface area (TPSA) is 54.9 Å². The molecule has 0 radical (unpaired) electrons. The molecule has 1 amide bonds. The highest BCUT2D eigenvalue weighted by atomic mass is 32.2. The van der Waals surface area contributed by atoms with Crippen LogP contribution < -0.4 is 5.32 Å². The van der Waals surface area contributed by atoms with Gasteiger partial charge in [-0.25, -0.2) is 4.39 Å². The van der Waals surface area contributed by atoms with E-state index in [2.05, 4.69) is 33.7 Å². The minimum absolute atomic E-state index is 0.175. The Balaban J connectivity index is 1.61. The second-order valence-corrected chi connectivity index (χ2v) is 6.92. The van der Waals surface area contributed by atoms with Gasteiger partial charge in [0, 0.05) is 11.3 Å². The number of halogens is 1. The first-order valence-corrected chi connectivity index (χ1v) is 9.09. The molecule has 4 nitrogen and oxygen atoms in total. The van der Waals surface area contributed by atoms with Crippen LogP contribution in [0.3, 0.4) is 0 Å². The molecule has 3 rings (SSSR count). The highest BCUT2D eigenvalue weighted by Gasteiger charge is 2.08. The van der Waals surface area contributed by atoms with Crippen LogP contribution in [0.5, 0.6) is 0 Å². The number of rotatable bonds is 5. The highest BCUT2D eigenvalue weighted by Crippen LogP contribution is 2.24. The number of carbonyl (C=O) groups excluding carboxylic acids is 1. The Labute approximate surface area is 155 Å². The molecule has 0 saturated carbocycles. The lowest BCUT2D eigenvalue weighted by Crippen LogP contribution is -2.14. The summed E-state index contributed by atoms with van der Waals surface area (Å²) < 4.78 is 13.1. The summed E-state index contributed by atoms with van der Waals surface area (Å²) in [5, 5.41) is 11.8. The summed E-state index contributed by atoms with van der Waals surface area (Å²) in [6, 6.07) is 15.8. The van der Waals surface area contributed by atoms with E-state index < -0.39 is 0 Å². The number of hydrogen-bond donors (Lipinski definition) is 1. The molecule has 3 aromatic rings. The molecule has 0 spiro atoms. The fourth-order valence-electron chi connectivity index (χ4n) is 2.46. The smallest absolute Gasteiger partial charge is 0.234 e. The molecule has 26 heavy (non-hydrogen) atoms. The third kappa shape index (κ3) is 4.67. The summed E-state index contributed by atoms with van der Waals surface area (Å²) >= 11 is 1.28. The molecular weight excluding hydrogens is 349 g/mol. The Kier molecular flexibility index (Phi) is 5.63. The lowest BCUT2D eigenvalue weighted by Gasteiger charge is -2.07. The van der Waals surface area contributed by atoms with Gasteiger partial charge in [-0.1, -0.05) is 35.5 Å². The average Bonchev–Trinajstić information content (AvgIpc) is 2.62. The molecule has 0 aliphatic heterocycles. The van der Waals surface area contributed by atoms with Gasteiger partial charge in [0.15, 0.2) is 0 Å². The molecule has 132 valence electrons. The van der Waals surface area contributed by atoms with Crippen LogP contribution in [0.4, 0.5) is 10.1 Å². The largest absolute Gasteiger partial charge is 0.325 e. The quantitative estimate of drug-likeness (QED) is 0.668.